The topological polar surface area (TPSA) is 417 Å². The van der Waals surface area contributed by atoms with Gasteiger partial charge in [0.1, 0.15) is 49.7 Å². The van der Waals surface area contributed by atoms with Gasteiger partial charge in [-0.05, 0) is 54.6 Å². The molecule has 0 spiro atoms. The zero-order valence-corrected chi connectivity index (χ0v) is 36.5. The highest BCUT2D eigenvalue weighted by Crippen LogP contribution is 2.42. The molecule has 4 aromatic carbocycles. The fraction of sp³-hybridized carbons (Fsp3) is 0.167. The van der Waals surface area contributed by atoms with Crippen LogP contribution in [0.5, 0.6) is 11.5 Å². The number of nitrogens with one attached hydrogen (secondary N) is 1. The molecule has 0 saturated carbocycles. The van der Waals surface area contributed by atoms with Gasteiger partial charge < -0.3 is 15.5 Å². The molecule has 0 aliphatic heterocycles. The number of carbonyl (C=O) groups excluding carboxylic acids is 1. The molecule has 0 bridgehead atoms. The van der Waals surface area contributed by atoms with E-state index in [0.29, 0.717) is 12.1 Å². The zero-order chi connectivity index (χ0) is 47.3. The Morgan fingerprint density at radius 3 is 1.56 bits per heavy atom. The lowest BCUT2D eigenvalue weighted by Crippen LogP contribution is -2.12. The highest BCUT2D eigenvalue weighted by atomic mass is 32.2. The van der Waals surface area contributed by atoms with E-state index in [0.717, 1.165) is 37.3 Å². The van der Waals surface area contributed by atoms with Gasteiger partial charge >= 0.3 is 0 Å². The lowest BCUT2D eigenvalue weighted by molar-refractivity contribution is -0.434. The van der Waals surface area contributed by atoms with Crippen LogP contribution in [0, 0.1) is 0 Å². The van der Waals surface area contributed by atoms with Crippen molar-refractivity contribution in [2.24, 2.45) is 30.7 Å². The molecule has 4 aromatic rings. The molecule has 34 heteroatoms. The minimum Gasteiger partial charge on any atom is -0.505 e. The lowest BCUT2D eigenvalue weighted by atomic mass is 10.2. The highest BCUT2D eigenvalue weighted by molar-refractivity contribution is 7.92. The fourth-order valence-electron chi connectivity index (χ4n) is 4.61. The predicted octanol–water partition coefficient (Wildman–Crippen LogP) is 6.35. The summed E-state index contributed by atoms with van der Waals surface area (Å²) in [5.74, 6) is -3.51. The monoisotopic (exact) mass is 1010 g/mol. The molecule has 0 atom stereocenters. The van der Waals surface area contributed by atoms with Crippen molar-refractivity contribution < 1.29 is 95.4 Å². The van der Waals surface area contributed by atoms with Gasteiger partial charge in [0, 0.05) is 19.1 Å². The summed E-state index contributed by atoms with van der Waals surface area (Å²) in [5.41, 5.74) is -2.94. The van der Waals surface area contributed by atoms with E-state index >= 15 is 0 Å². The first-order valence-electron chi connectivity index (χ1n) is 16.5. The number of phenolic OH excluding ortho intramolecular Hbond substituents is 2. The van der Waals surface area contributed by atoms with Crippen molar-refractivity contribution in [1.82, 2.24) is 0 Å². The number of anilines is 1. The third kappa shape index (κ3) is 15.0. The van der Waals surface area contributed by atoms with Gasteiger partial charge in [-0.3, -0.25) is 22.3 Å². The van der Waals surface area contributed by atoms with Crippen LogP contribution in [0.3, 0.4) is 0 Å². The minimum atomic E-state index is -5.17. The summed E-state index contributed by atoms with van der Waals surface area (Å²) in [6.07, 6.45) is 0. The van der Waals surface area contributed by atoms with E-state index in [1.54, 1.807) is 0 Å². The first-order chi connectivity index (χ1) is 30.1. The molecular formula is C30H29N7O21S6. The molecule has 0 saturated heterocycles. The predicted molar refractivity (Wildman–Crippen MR) is 216 cm³/mol. The Morgan fingerprint density at radius 1 is 0.578 bits per heavy atom. The van der Waals surface area contributed by atoms with Gasteiger partial charge in [0.2, 0.25) is 5.91 Å². The molecule has 28 nitrogen and oxygen atoms in total. The number of amides is 1. The van der Waals surface area contributed by atoms with Crippen LogP contribution in [0.2, 0.25) is 0 Å². The SMILES string of the molecule is CC(=O)Nc1cc(N=Nc2cc(N=Nc3ccc(S(=O)(=O)CCOSOOO)cc3S(=O)(=O)O)c(O)cc2O)c(S(=O)(=O)O)cc1N=Nc1ccc(S(=O)(=O)CCOSOOO)cc1. The summed E-state index contributed by atoms with van der Waals surface area (Å²) in [7, 11) is -18.5. The molecule has 0 aliphatic carbocycles. The Labute approximate surface area is 369 Å². The van der Waals surface area contributed by atoms with Crippen LogP contribution >= 0.6 is 24.6 Å². The van der Waals surface area contributed by atoms with E-state index in [1.807, 2.05) is 0 Å². The van der Waals surface area contributed by atoms with Gasteiger partial charge in [0.05, 0.1) is 45.9 Å². The number of nitrogens with zero attached hydrogens (tertiary/aromatic N) is 6. The molecule has 7 N–H and O–H groups in total. The molecule has 0 radical (unpaired) electrons. The molecule has 0 aliphatic rings. The molecule has 0 fully saturated rings. The van der Waals surface area contributed by atoms with Crippen molar-refractivity contribution >= 4 is 110 Å². The Bertz CT molecular complexity index is 2880. The summed E-state index contributed by atoms with van der Waals surface area (Å²) in [6.45, 7) is 0.206. The molecule has 0 aromatic heterocycles. The number of hydrogen-bond acceptors (Lipinski definition) is 27. The van der Waals surface area contributed by atoms with Crippen LogP contribution in [0.15, 0.2) is 117 Å². The van der Waals surface area contributed by atoms with Crippen molar-refractivity contribution in [2.45, 2.75) is 26.5 Å². The molecule has 0 heterocycles. The van der Waals surface area contributed by atoms with Crippen molar-refractivity contribution in [3.63, 3.8) is 0 Å². The second-order valence-corrected chi connectivity index (χ2v) is 19.7. The second-order valence-electron chi connectivity index (χ2n) is 11.7. The molecular weight excluding hydrogens is 987 g/mol. The molecule has 346 valence electrons. The van der Waals surface area contributed by atoms with E-state index in [-0.39, 0.29) is 53.2 Å². The summed E-state index contributed by atoms with van der Waals surface area (Å²) in [6, 6.07) is 10.3. The van der Waals surface area contributed by atoms with Crippen molar-refractivity contribution in [2.75, 3.05) is 30.0 Å². The number of hydrogen-bond donors (Lipinski definition) is 7. The van der Waals surface area contributed by atoms with E-state index in [9.17, 15) is 57.8 Å². The second kappa shape index (κ2) is 22.7. The number of carbonyl (C=O) groups is 1. The summed E-state index contributed by atoms with van der Waals surface area (Å²) < 4.78 is 137. The molecule has 4 rings (SSSR count). The average Bonchev–Trinajstić information content (AvgIpc) is 3.21. The number of sulfone groups is 2. The van der Waals surface area contributed by atoms with Gasteiger partial charge in [-0.15, -0.1) is 34.2 Å². The maximum atomic E-state index is 12.7. The Kier molecular flexibility index (Phi) is 18.2. The first kappa shape index (κ1) is 51.5. The van der Waals surface area contributed by atoms with E-state index in [4.69, 9.17) is 18.9 Å². The van der Waals surface area contributed by atoms with Gasteiger partial charge in [0.25, 0.3) is 20.2 Å². The van der Waals surface area contributed by atoms with Gasteiger partial charge in [-0.25, -0.2) is 27.4 Å². The van der Waals surface area contributed by atoms with E-state index in [1.165, 1.54) is 24.3 Å². The Morgan fingerprint density at radius 2 is 1.05 bits per heavy atom. The van der Waals surface area contributed by atoms with Crippen LogP contribution in [-0.2, 0) is 71.8 Å². The van der Waals surface area contributed by atoms with Crippen LogP contribution in [0.1, 0.15) is 6.92 Å². The largest absolute Gasteiger partial charge is 0.505 e. The quantitative estimate of drug-likeness (QED) is 0.0106. The normalized spacial score (nSPS) is 12.8. The van der Waals surface area contributed by atoms with Crippen LogP contribution in [-0.4, -0.2) is 94.1 Å². The van der Waals surface area contributed by atoms with Gasteiger partial charge in [-0.2, -0.15) is 21.9 Å². The first-order valence-corrected chi connectivity index (χ1v) is 24.0. The van der Waals surface area contributed by atoms with Gasteiger partial charge in [-0.1, -0.05) is 10.1 Å². The minimum absolute atomic E-state index is 0.0416. The highest BCUT2D eigenvalue weighted by Gasteiger charge is 2.24. The van der Waals surface area contributed by atoms with E-state index in [2.05, 4.69) is 54.7 Å². The molecule has 1 amide bonds. The standard InChI is InChI=1S/C30H29N7O21S6/c1-17(38)31-22-13-26(30(64(50,51)52)15-23(22)34-32-18-2-4-19(5-3-18)61(43,44)10-8-53-59-57-55-41)37-36-25-14-24(27(39)16-28(25)40)35-33-21-7-6-20(12-29(21)63(47,48)49)62(45,46)11-9-54-60-58-56-42/h2-7,12-16,39-42H,8-11H2,1H3,(H,31,38)(H,47,48,49)(H,50,51,52). The number of rotatable bonds is 23. The van der Waals surface area contributed by atoms with Gasteiger partial charge in [0.15, 0.2) is 44.3 Å². The average molecular weight is 1020 g/mol. The van der Waals surface area contributed by atoms with Crippen molar-refractivity contribution in [1.29, 1.82) is 0 Å². The lowest BCUT2D eigenvalue weighted by Gasteiger charge is -2.10. The van der Waals surface area contributed by atoms with Crippen LogP contribution in [0.25, 0.3) is 0 Å². The van der Waals surface area contributed by atoms with Crippen LogP contribution < -0.4 is 5.32 Å². The number of aromatic hydroxyl groups is 2. The van der Waals surface area contributed by atoms with Crippen molar-refractivity contribution in [3.8, 4) is 11.5 Å². The fourth-order valence-corrected chi connectivity index (χ4v) is 8.80. The number of phenols is 2. The van der Waals surface area contributed by atoms with Crippen LogP contribution in [0.4, 0.5) is 39.8 Å². The number of benzene rings is 4. The maximum absolute atomic E-state index is 12.7. The smallest absolute Gasteiger partial charge is 0.296 e. The summed E-state index contributed by atoms with van der Waals surface area (Å²) >= 11 is 0.281. The molecule has 0 unspecified atom stereocenters. The summed E-state index contributed by atoms with van der Waals surface area (Å²) in [4.78, 5) is 9.35. The third-order valence-corrected chi connectivity index (χ3v) is 13.3. The summed E-state index contributed by atoms with van der Waals surface area (Å²) in [5, 5.41) is 68.7. The van der Waals surface area contributed by atoms with Crippen molar-refractivity contribution in [3.05, 3.63) is 66.7 Å². The number of azo groups is 3. The third-order valence-electron chi connectivity index (χ3n) is 7.39. The Balaban J connectivity index is 1.66. The maximum Gasteiger partial charge on any atom is 0.296 e. The zero-order valence-electron chi connectivity index (χ0n) is 31.6. The Hall–Kier alpha value is -5.15. The molecule has 64 heavy (non-hydrogen) atoms. The van der Waals surface area contributed by atoms with E-state index < -0.39 is 113 Å².